The lowest BCUT2D eigenvalue weighted by atomic mass is 10.2. The number of hydrogen-bond donors (Lipinski definition) is 0. The summed E-state index contributed by atoms with van der Waals surface area (Å²) in [6.45, 7) is 9.96. The van der Waals surface area contributed by atoms with Crippen molar-refractivity contribution in [2.24, 2.45) is 0 Å². The standard InChI is InChI=1S/C12H26N2O/c1-3-4-5-6-13(2)7-8-14-9-11-15-12-10-14/h3-12H2,1-2H3. The van der Waals surface area contributed by atoms with Crippen molar-refractivity contribution >= 4 is 0 Å². The molecule has 1 heterocycles. The summed E-state index contributed by atoms with van der Waals surface area (Å²) >= 11 is 0. The highest BCUT2D eigenvalue weighted by atomic mass is 16.5. The Kier molecular flexibility index (Phi) is 6.98. The van der Waals surface area contributed by atoms with E-state index in [-0.39, 0.29) is 0 Å². The minimum absolute atomic E-state index is 0.916. The minimum Gasteiger partial charge on any atom is -0.379 e. The summed E-state index contributed by atoms with van der Waals surface area (Å²) in [5.74, 6) is 0. The van der Waals surface area contributed by atoms with Crippen molar-refractivity contribution in [1.29, 1.82) is 0 Å². The Bertz CT molecular complexity index is 147. The van der Waals surface area contributed by atoms with Gasteiger partial charge in [-0.15, -0.1) is 0 Å². The Morgan fingerprint density at radius 1 is 1.13 bits per heavy atom. The zero-order valence-electron chi connectivity index (χ0n) is 10.4. The summed E-state index contributed by atoms with van der Waals surface area (Å²) in [5, 5.41) is 0. The van der Waals surface area contributed by atoms with E-state index in [0.29, 0.717) is 0 Å². The van der Waals surface area contributed by atoms with Gasteiger partial charge in [-0.1, -0.05) is 19.8 Å². The number of rotatable bonds is 7. The van der Waals surface area contributed by atoms with Crippen LogP contribution in [0.3, 0.4) is 0 Å². The van der Waals surface area contributed by atoms with Crippen molar-refractivity contribution in [3.05, 3.63) is 0 Å². The topological polar surface area (TPSA) is 15.7 Å². The van der Waals surface area contributed by atoms with Crippen LogP contribution in [0.5, 0.6) is 0 Å². The van der Waals surface area contributed by atoms with Gasteiger partial charge in [0.25, 0.3) is 0 Å². The summed E-state index contributed by atoms with van der Waals surface area (Å²) in [7, 11) is 2.23. The van der Waals surface area contributed by atoms with Crippen LogP contribution in [0.1, 0.15) is 26.2 Å². The van der Waals surface area contributed by atoms with Gasteiger partial charge in [-0.05, 0) is 20.0 Å². The largest absolute Gasteiger partial charge is 0.379 e. The molecule has 0 N–H and O–H groups in total. The van der Waals surface area contributed by atoms with Gasteiger partial charge in [0.1, 0.15) is 0 Å². The Hall–Kier alpha value is -0.120. The van der Waals surface area contributed by atoms with Crippen LogP contribution in [0.15, 0.2) is 0 Å². The molecule has 1 fully saturated rings. The van der Waals surface area contributed by atoms with Crippen LogP contribution in [-0.4, -0.2) is 62.8 Å². The minimum atomic E-state index is 0.916. The normalized spacial score (nSPS) is 18.6. The lowest BCUT2D eigenvalue weighted by Crippen LogP contribution is -2.40. The van der Waals surface area contributed by atoms with Gasteiger partial charge in [0, 0.05) is 26.2 Å². The summed E-state index contributed by atoms with van der Waals surface area (Å²) < 4.78 is 5.33. The second-order valence-corrected chi connectivity index (χ2v) is 4.46. The average molecular weight is 214 g/mol. The van der Waals surface area contributed by atoms with Crippen molar-refractivity contribution in [2.75, 3.05) is 53.0 Å². The average Bonchev–Trinajstić information content (AvgIpc) is 2.28. The highest BCUT2D eigenvalue weighted by molar-refractivity contribution is 4.64. The van der Waals surface area contributed by atoms with Gasteiger partial charge in [0.05, 0.1) is 13.2 Å². The fourth-order valence-corrected chi connectivity index (χ4v) is 1.88. The fraction of sp³-hybridized carbons (Fsp3) is 1.00. The molecule has 1 aliphatic heterocycles. The lowest BCUT2D eigenvalue weighted by Gasteiger charge is -2.28. The van der Waals surface area contributed by atoms with Crippen LogP contribution >= 0.6 is 0 Å². The molecule has 0 aromatic carbocycles. The molecule has 0 aromatic rings. The molecule has 0 aliphatic carbocycles. The van der Waals surface area contributed by atoms with Gasteiger partial charge >= 0.3 is 0 Å². The van der Waals surface area contributed by atoms with Crippen molar-refractivity contribution in [1.82, 2.24) is 9.80 Å². The molecule has 0 saturated carbocycles. The Morgan fingerprint density at radius 3 is 2.53 bits per heavy atom. The molecular weight excluding hydrogens is 188 g/mol. The monoisotopic (exact) mass is 214 g/mol. The number of unbranched alkanes of at least 4 members (excludes halogenated alkanes) is 2. The van der Waals surface area contributed by atoms with Crippen LogP contribution < -0.4 is 0 Å². The maximum atomic E-state index is 5.33. The molecule has 1 rings (SSSR count). The van der Waals surface area contributed by atoms with Gasteiger partial charge in [0.2, 0.25) is 0 Å². The van der Waals surface area contributed by atoms with E-state index in [0.717, 1.165) is 26.3 Å². The Labute approximate surface area is 94.4 Å². The third-order valence-electron chi connectivity index (χ3n) is 3.05. The van der Waals surface area contributed by atoms with E-state index in [1.807, 2.05) is 0 Å². The van der Waals surface area contributed by atoms with Crippen molar-refractivity contribution in [3.63, 3.8) is 0 Å². The van der Waals surface area contributed by atoms with E-state index in [4.69, 9.17) is 4.74 Å². The number of ether oxygens (including phenoxy) is 1. The van der Waals surface area contributed by atoms with E-state index in [2.05, 4.69) is 23.8 Å². The molecule has 90 valence electrons. The van der Waals surface area contributed by atoms with Gasteiger partial charge in [-0.25, -0.2) is 0 Å². The molecule has 3 heteroatoms. The van der Waals surface area contributed by atoms with Crippen LogP contribution in [0.2, 0.25) is 0 Å². The number of hydrogen-bond acceptors (Lipinski definition) is 3. The van der Waals surface area contributed by atoms with E-state index >= 15 is 0 Å². The molecule has 0 spiro atoms. The first-order valence-corrected chi connectivity index (χ1v) is 6.31. The summed E-state index contributed by atoms with van der Waals surface area (Å²) in [4.78, 5) is 4.95. The lowest BCUT2D eigenvalue weighted by molar-refractivity contribution is 0.0344. The maximum Gasteiger partial charge on any atom is 0.0594 e. The molecule has 3 nitrogen and oxygen atoms in total. The van der Waals surface area contributed by atoms with Gasteiger partial charge in [-0.3, -0.25) is 4.90 Å². The predicted molar refractivity (Wildman–Crippen MR) is 64.3 cm³/mol. The van der Waals surface area contributed by atoms with Gasteiger partial charge < -0.3 is 9.64 Å². The Balaban J connectivity index is 1.97. The van der Waals surface area contributed by atoms with E-state index < -0.39 is 0 Å². The molecule has 1 saturated heterocycles. The van der Waals surface area contributed by atoms with Crippen LogP contribution in [-0.2, 0) is 4.74 Å². The quantitative estimate of drug-likeness (QED) is 0.596. The summed E-state index contributed by atoms with van der Waals surface area (Å²) in [6, 6.07) is 0. The zero-order valence-corrected chi connectivity index (χ0v) is 10.4. The molecule has 1 aliphatic rings. The summed E-state index contributed by atoms with van der Waals surface area (Å²) in [6.07, 6.45) is 4.02. The highest BCUT2D eigenvalue weighted by Crippen LogP contribution is 1.99. The van der Waals surface area contributed by atoms with Gasteiger partial charge in [-0.2, -0.15) is 0 Å². The van der Waals surface area contributed by atoms with E-state index in [1.54, 1.807) is 0 Å². The third-order valence-corrected chi connectivity index (χ3v) is 3.05. The highest BCUT2D eigenvalue weighted by Gasteiger charge is 2.10. The smallest absolute Gasteiger partial charge is 0.0594 e. The predicted octanol–water partition coefficient (Wildman–Crippen LogP) is 1.44. The molecular formula is C12H26N2O. The van der Waals surface area contributed by atoms with Crippen molar-refractivity contribution in [2.45, 2.75) is 26.2 Å². The first-order valence-electron chi connectivity index (χ1n) is 6.31. The SMILES string of the molecule is CCCCCN(C)CCN1CCOCC1. The fourth-order valence-electron chi connectivity index (χ4n) is 1.88. The van der Waals surface area contributed by atoms with Crippen molar-refractivity contribution < 1.29 is 4.74 Å². The maximum absolute atomic E-state index is 5.33. The van der Waals surface area contributed by atoms with E-state index in [1.165, 1.54) is 38.9 Å². The van der Waals surface area contributed by atoms with Crippen LogP contribution in [0.25, 0.3) is 0 Å². The van der Waals surface area contributed by atoms with Crippen LogP contribution in [0, 0.1) is 0 Å². The second kappa shape index (κ2) is 8.08. The number of nitrogens with zero attached hydrogens (tertiary/aromatic N) is 2. The van der Waals surface area contributed by atoms with Crippen LogP contribution in [0.4, 0.5) is 0 Å². The first kappa shape index (κ1) is 12.9. The number of morpholine rings is 1. The molecule has 0 aromatic heterocycles. The molecule has 15 heavy (non-hydrogen) atoms. The second-order valence-electron chi connectivity index (χ2n) is 4.46. The molecule has 0 radical (unpaired) electrons. The first-order chi connectivity index (χ1) is 7.33. The molecule has 0 unspecified atom stereocenters. The molecule has 0 amide bonds. The van der Waals surface area contributed by atoms with Gasteiger partial charge in [0.15, 0.2) is 0 Å². The molecule has 0 atom stereocenters. The zero-order chi connectivity index (χ0) is 10.9. The molecule has 0 bridgehead atoms. The number of likely N-dealkylation sites (N-methyl/N-ethyl adjacent to an activating group) is 1. The van der Waals surface area contributed by atoms with Crippen molar-refractivity contribution in [3.8, 4) is 0 Å². The Morgan fingerprint density at radius 2 is 1.87 bits per heavy atom. The third kappa shape index (κ3) is 6.13. The van der Waals surface area contributed by atoms with E-state index in [9.17, 15) is 0 Å². The summed E-state index contributed by atoms with van der Waals surface area (Å²) in [5.41, 5.74) is 0.